The van der Waals surface area contributed by atoms with Crippen LogP contribution in [0.4, 0.5) is 0 Å². The molecule has 0 unspecified atom stereocenters. The van der Waals surface area contributed by atoms with Crippen LogP contribution in [0.15, 0.2) is 18.2 Å². The van der Waals surface area contributed by atoms with Crippen molar-refractivity contribution in [1.82, 2.24) is 5.32 Å². The summed E-state index contributed by atoms with van der Waals surface area (Å²) >= 11 is 5.40. The standard InChI is InChI=1S/C15H22ClNO2/c1-11-5-6-12(15(2,3)4)13(9-11)19-8-7-17-14(18)10-16/h5-6,9H,7-8,10H2,1-4H3,(H,17,18). The van der Waals surface area contributed by atoms with E-state index in [2.05, 4.69) is 38.2 Å². The van der Waals surface area contributed by atoms with Gasteiger partial charge in [0.1, 0.15) is 18.2 Å². The maximum atomic E-state index is 11.0. The molecule has 0 spiro atoms. The predicted octanol–water partition coefficient (Wildman–Crippen LogP) is 3.03. The van der Waals surface area contributed by atoms with Crippen molar-refractivity contribution in [2.24, 2.45) is 0 Å². The topological polar surface area (TPSA) is 38.3 Å². The summed E-state index contributed by atoms with van der Waals surface area (Å²) < 4.78 is 5.78. The van der Waals surface area contributed by atoms with E-state index in [4.69, 9.17) is 16.3 Å². The second-order valence-corrected chi connectivity index (χ2v) is 5.85. The zero-order valence-corrected chi connectivity index (χ0v) is 12.8. The maximum absolute atomic E-state index is 11.0. The van der Waals surface area contributed by atoms with Crippen LogP contribution in [0.2, 0.25) is 0 Å². The predicted molar refractivity (Wildman–Crippen MR) is 79.1 cm³/mol. The Morgan fingerprint density at radius 3 is 2.63 bits per heavy atom. The van der Waals surface area contributed by atoms with Gasteiger partial charge in [-0.3, -0.25) is 4.79 Å². The number of alkyl halides is 1. The van der Waals surface area contributed by atoms with Gasteiger partial charge in [-0.25, -0.2) is 0 Å². The fourth-order valence-electron chi connectivity index (χ4n) is 1.77. The SMILES string of the molecule is Cc1ccc(C(C)(C)C)c(OCCNC(=O)CCl)c1. The number of carbonyl (C=O) groups excluding carboxylic acids is 1. The van der Waals surface area contributed by atoms with Crippen LogP contribution in [0.25, 0.3) is 0 Å². The van der Waals surface area contributed by atoms with E-state index in [1.807, 2.05) is 13.0 Å². The molecule has 0 radical (unpaired) electrons. The minimum Gasteiger partial charge on any atom is -0.491 e. The number of nitrogens with one attached hydrogen (secondary N) is 1. The Morgan fingerprint density at radius 1 is 1.37 bits per heavy atom. The van der Waals surface area contributed by atoms with Crippen LogP contribution >= 0.6 is 11.6 Å². The molecule has 0 fully saturated rings. The van der Waals surface area contributed by atoms with E-state index < -0.39 is 0 Å². The molecular formula is C15H22ClNO2. The van der Waals surface area contributed by atoms with E-state index >= 15 is 0 Å². The van der Waals surface area contributed by atoms with Crippen LogP contribution in [0.3, 0.4) is 0 Å². The molecule has 1 aromatic carbocycles. The van der Waals surface area contributed by atoms with Crippen LogP contribution in [0.5, 0.6) is 5.75 Å². The summed E-state index contributed by atoms with van der Waals surface area (Å²) in [6, 6.07) is 6.22. The number of ether oxygens (including phenoxy) is 1. The van der Waals surface area contributed by atoms with E-state index in [1.165, 1.54) is 5.56 Å². The molecule has 1 aromatic rings. The first kappa shape index (κ1) is 15.8. The molecule has 1 amide bonds. The fraction of sp³-hybridized carbons (Fsp3) is 0.533. The van der Waals surface area contributed by atoms with Crippen LogP contribution in [-0.2, 0) is 10.2 Å². The third-order valence-corrected chi connectivity index (χ3v) is 2.99. The van der Waals surface area contributed by atoms with Gasteiger partial charge in [0.15, 0.2) is 0 Å². The van der Waals surface area contributed by atoms with Crippen molar-refractivity contribution < 1.29 is 9.53 Å². The lowest BCUT2D eigenvalue weighted by Gasteiger charge is -2.23. The quantitative estimate of drug-likeness (QED) is 0.666. The highest BCUT2D eigenvalue weighted by molar-refractivity contribution is 6.27. The number of rotatable bonds is 5. The summed E-state index contributed by atoms with van der Waals surface area (Å²) in [7, 11) is 0. The van der Waals surface area contributed by atoms with Gasteiger partial charge in [0.2, 0.25) is 5.91 Å². The zero-order chi connectivity index (χ0) is 14.5. The Hall–Kier alpha value is -1.22. The molecule has 3 nitrogen and oxygen atoms in total. The summed E-state index contributed by atoms with van der Waals surface area (Å²) in [4.78, 5) is 11.0. The summed E-state index contributed by atoms with van der Waals surface area (Å²) in [5.74, 6) is 0.690. The van der Waals surface area contributed by atoms with Crippen molar-refractivity contribution >= 4 is 17.5 Å². The van der Waals surface area contributed by atoms with E-state index in [0.29, 0.717) is 13.2 Å². The summed E-state index contributed by atoms with van der Waals surface area (Å²) in [5.41, 5.74) is 2.36. The van der Waals surface area contributed by atoms with E-state index in [-0.39, 0.29) is 17.2 Å². The van der Waals surface area contributed by atoms with Crippen molar-refractivity contribution in [3.63, 3.8) is 0 Å². The van der Waals surface area contributed by atoms with Gasteiger partial charge in [-0.05, 0) is 29.5 Å². The first-order chi connectivity index (χ1) is 8.84. The summed E-state index contributed by atoms with van der Waals surface area (Å²) in [6.07, 6.45) is 0. The maximum Gasteiger partial charge on any atom is 0.235 e. The molecule has 0 aliphatic carbocycles. The normalized spacial score (nSPS) is 11.2. The Kier molecular flexibility index (Phi) is 5.67. The van der Waals surface area contributed by atoms with Gasteiger partial charge in [0.05, 0.1) is 6.54 Å². The first-order valence-corrected chi connectivity index (χ1v) is 6.94. The van der Waals surface area contributed by atoms with Crippen molar-refractivity contribution in [1.29, 1.82) is 0 Å². The third kappa shape index (κ3) is 5.11. The average Bonchev–Trinajstić information content (AvgIpc) is 2.32. The number of carbonyl (C=O) groups is 1. The van der Waals surface area contributed by atoms with E-state index in [1.54, 1.807) is 0 Å². The van der Waals surface area contributed by atoms with Crippen molar-refractivity contribution in [3.8, 4) is 5.75 Å². The van der Waals surface area contributed by atoms with Gasteiger partial charge in [-0.1, -0.05) is 32.9 Å². The highest BCUT2D eigenvalue weighted by Crippen LogP contribution is 2.31. The molecule has 0 aromatic heterocycles. The van der Waals surface area contributed by atoms with Gasteiger partial charge < -0.3 is 10.1 Å². The number of hydrogen-bond donors (Lipinski definition) is 1. The Bertz CT molecular complexity index is 438. The molecule has 19 heavy (non-hydrogen) atoms. The Labute approximate surface area is 120 Å². The van der Waals surface area contributed by atoms with E-state index in [9.17, 15) is 4.79 Å². The van der Waals surface area contributed by atoms with Crippen LogP contribution in [0, 0.1) is 6.92 Å². The van der Waals surface area contributed by atoms with Crippen LogP contribution < -0.4 is 10.1 Å². The molecule has 106 valence electrons. The second kappa shape index (κ2) is 6.80. The Morgan fingerprint density at radius 2 is 2.05 bits per heavy atom. The number of hydrogen-bond acceptors (Lipinski definition) is 2. The molecule has 4 heteroatoms. The molecule has 1 rings (SSSR count). The van der Waals surface area contributed by atoms with Crippen molar-refractivity contribution in [3.05, 3.63) is 29.3 Å². The number of benzene rings is 1. The van der Waals surface area contributed by atoms with Crippen molar-refractivity contribution in [2.75, 3.05) is 19.0 Å². The summed E-state index contributed by atoms with van der Waals surface area (Å²) in [5, 5.41) is 2.68. The largest absolute Gasteiger partial charge is 0.491 e. The van der Waals surface area contributed by atoms with Crippen LogP contribution in [-0.4, -0.2) is 24.9 Å². The molecule has 0 saturated heterocycles. The molecule has 0 bridgehead atoms. The third-order valence-electron chi connectivity index (χ3n) is 2.75. The zero-order valence-electron chi connectivity index (χ0n) is 12.0. The molecule has 1 N–H and O–H groups in total. The smallest absolute Gasteiger partial charge is 0.235 e. The molecule has 0 saturated carbocycles. The molecular weight excluding hydrogens is 262 g/mol. The Balaban J connectivity index is 2.66. The van der Waals surface area contributed by atoms with Gasteiger partial charge in [0, 0.05) is 0 Å². The molecule has 0 aliphatic rings. The second-order valence-electron chi connectivity index (χ2n) is 5.58. The minimum atomic E-state index is -0.175. The molecule has 0 aliphatic heterocycles. The number of amides is 1. The fourth-order valence-corrected chi connectivity index (χ4v) is 1.86. The molecule has 0 atom stereocenters. The average molecular weight is 284 g/mol. The van der Waals surface area contributed by atoms with Crippen molar-refractivity contribution in [2.45, 2.75) is 33.1 Å². The van der Waals surface area contributed by atoms with Gasteiger partial charge in [0.25, 0.3) is 0 Å². The van der Waals surface area contributed by atoms with Gasteiger partial charge in [-0.2, -0.15) is 0 Å². The van der Waals surface area contributed by atoms with Crippen LogP contribution in [0.1, 0.15) is 31.9 Å². The summed E-state index contributed by atoms with van der Waals surface area (Å²) in [6.45, 7) is 9.40. The van der Waals surface area contributed by atoms with E-state index in [0.717, 1.165) is 11.3 Å². The molecule has 0 heterocycles. The lowest BCUT2D eigenvalue weighted by molar-refractivity contribution is -0.118. The number of halogens is 1. The van der Waals surface area contributed by atoms with Gasteiger partial charge in [-0.15, -0.1) is 11.6 Å². The lowest BCUT2D eigenvalue weighted by atomic mass is 9.86. The lowest BCUT2D eigenvalue weighted by Crippen LogP contribution is -2.29. The highest BCUT2D eigenvalue weighted by atomic mass is 35.5. The number of aryl methyl sites for hydroxylation is 1. The highest BCUT2D eigenvalue weighted by Gasteiger charge is 2.18. The monoisotopic (exact) mass is 283 g/mol. The van der Waals surface area contributed by atoms with Gasteiger partial charge >= 0.3 is 0 Å². The first-order valence-electron chi connectivity index (χ1n) is 6.41. The minimum absolute atomic E-state index is 0.0162.